The van der Waals surface area contributed by atoms with Gasteiger partial charge >= 0.3 is 5.97 Å². The fourth-order valence-electron chi connectivity index (χ4n) is 1.95. The smallest absolute Gasteiger partial charge is 0.374 e. The summed E-state index contributed by atoms with van der Waals surface area (Å²) >= 11 is 0. The van der Waals surface area contributed by atoms with E-state index in [9.17, 15) is 4.79 Å². The standard InChI is InChI=1S/C15H18N2O3/c1-2-3-4-7-10-20-14-11-8-5-6-9-12(11)16-13(17-14)15(18)19/h5-6,8-9H,2-4,7,10H2,1H3,(H,18,19). The molecule has 1 heterocycles. The maximum absolute atomic E-state index is 11.0. The van der Waals surface area contributed by atoms with Crippen LogP contribution in [0, 0.1) is 0 Å². The van der Waals surface area contributed by atoms with Gasteiger partial charge in [-0.25, -0.2) is 9.78 Å². The molecule has 2 rings (SSSR count). The number of nitrogens with zero attached hydrogens (tertiary/aromatic N) is 2. The Balaban J connectivity index is 2.19. The van der Waals surface area contributed by atoms with Gasteiger partial charge in [-0.2, -0.15) is 4.98 Å². The number of benzene rings is 1. The lowest BCUT2D eigenvalue weighted by atomic mass is 10.2. The average Bonchev–Trinajstić information content (AvgIpc) is 2.46. The van der Waals surface area contributed by atoms with Gasteiger partial charge in [-0.05, 0) is 18.6 Å². The Labute approximate surface area is 117 Å². The Morgan fingerprint density at radius 2 is 2.00 bits per heavy atom. The molecule has 1 aromatic heterocycles. The summed E-state index contributed by atoms with van der Waals surface area (Å²) in [7, 11) is 0. The summed E-state index contributed by atoms with van der Waals surface area (Å²) in [6.45, 7) is 2.69. The molecular weight excluding hydrogens is 256 g/mol. The summed E-state index contributed by atoms with van der Waals surface area (Å²) in [5.74, 6) is -1.02. The molecule has 106 valence electrons. The predicted molar refractivity (Wildman–Crippen MR) is 76.1 cm³/mol. The average molecular weight is 274 g/mol. The van der Waals surface area contributed by atoms with Gasteiger partial charge in [-0.15, -0.1) is 0 Å². The molecule has 0 radical (unpaired) electrons. The fourth-order valence-corrected chi connectivity index (χ4v) is 1.95. The highest BCUT2D eigenvalue weighted by molar-refractivity contribution is 5.89. The van der Waals surface area contributed by atoms with E-state index in [4.69, 9.17) is 9.84 Å². The van der Waals surface area contributed by atoms with Gasteiger partial charge in [0, 0.05) is 0 Å². The van der Waals surface area contributed by atoms with E-state index in [-0.39, 0.29) is 5.82 Å². The molecule has 0 aliphatic carbocycles. The van der Waals surface area contributed by atoms with Crippen LogP contribution in [-0.4, -0.2) is 27.7 Å². The van der Waals surface area contributed by atoms with Gasteiger partial charge < -0.3 is 9.84 Å². The number of aromatic carboxylic acids is 1. The van der Waals surface area contributed by atoms with E-state index in [0.717, 1.165) is 18.2 Å². The number of aromatic nitrogens is 2. The van der Waals surface area contributed by atoms with E-state index in [1.807, 2.05) is 18.2 Å². The molecule has 1 aromatic carbocycles. The maximum atomic E-state index is 11.0. The van der Waals surface area contributed by atoms with Gasteiger partial charge in [0.1, 0.15) is 0 Å². The van der Waals surface area contributed by atoms with Gasteiger partial charge in [0.05, 0.1) is 17.5 Å². The van der Waals surface area contributed by atoms with E-state index in [2.05, 4.69) is 16.9 Å². The first-order valence-corrected chi connectivity index (χ1v) is 6.85. The number of para-hydroxylation sites is 1. The van der Waals surface area contributed by atoms with E-state index in [1.54, 1.807) is 6.07 Å². The largest absolute Gasteiger partial charge is 0.477 e. The first-order valence-electron chi connectivity index (χ1n) is 6.85. The van der Waals surface area contributed by atoms with E-state index < -0.39 is 5.97 Å². The van der Waals surface area contributed by atoms with Crippen LogP contribution in [0.25, 0.3) is 10.9 Å². The van der Waals surface area contributed by atoms with Crippen LogP contribution in [0.5, 0.6) is 5.88 Å². The van der Waals surface area contributed by atoms with Crippen LogP contribution in [0.2, 0.25) is 0 Å². The molecule has 5 nitrogen and oxygen atoms in total. The molecule has 0 spiro atoms. The molecule has 0 saturated heterocycles. The number of carboxylic acid groups (broad SMARTS) is 1. The molecule has 20 heavy (non-hydrogen) atoms. The van der Waals surface area contributed by atoms with Gasteiger partial charge in [-0.1, -0.05) is 38.3 Å². The van der Waals surface area contributed by atoms with Gasteiger partial charge in [0.15, 0.2) is 0 Å². The lowest BCUT2D eigenvalue weighted by molar-refractivity contribution is 0.0682. The third-order valence-electron chi connectivity index (χ3n) is 3.00. The molecule has 0 aliphatic rings. The second kappa shape index (κ2) is 6.84. The van der Waals surface area contributed by atoms with Crippen molar-refractivity contribution >= 4 is 16.9 Å². The Morgan fingerprint density at radius 3 is 2.75 bits per heavy atom. The number of fused-ring (bicyclic) bond motifs is 1. The van der Waals surface area contributed by atoms with Crippen molar-refractivity contribution in [1.82, 2.24) is 9.97 Å². The third-order valence-corrected chi connectivity index (χ3v) is 3.00. The topological polar surface area (TPSA) is 72.3 Å². The lowest BCUT2D eigenvalue weighted by Crippen LogP contribution is -2.08. The third kappa shape index (κ3) is 3.44. The van der Waals surface area contributed by atoms with Gasteiger partial charge in [0.25, 0.3) is 0 Å². The molecule has 0 atom stereocenters. The van der Waals surface area contributed by atoms with Crippen molar-refractivity contribution < 1.29 is 14.6 Å². The minimum Gasteiger partial charge on any atom is -0.477 e. The van der Waals surface area contributed by atoms with E-state index in [1.165, 1.54) is 12.8 Å². The molecule has 0 unspecified atom stereocenters. The first-order chi connectivity index (χ1) is 9.72. The zero-order chi connectivity index (χ0) is 14.4. The zero-order valence-corrected chi connectivity index (χ0v) is 11.5. The Morgan fingerprint density at radius 1 is 1.20 bits per heavy atom. The summed E-state index contributed by atoms with van der Waals surface area (Å²) < 4.78 is 5.64. The number of carbonyl (C=O) groups is 1. The second-order valence-corrected chi connectivity index (χ2v) is 4.58. The maximum Gasteiger partial charge on any atom is 0.374 e. The van der Waals surface area contributed by atoms with E-state index >= 15 is 0 Å². The Kier molecular flexibility index (Phi) is 4.87. The molecular formula is C15H18N2O3. The number of rotatable bonds is 7. The van der Waals surface area contributed by atoms with Crippen LogP contribution >= 0.6 is 0 Å². The van der Waals surface area contributed by atoms with Crippen molar-refractivity contribution in [2.45, 2.75) is 32.6 Å². The van der Waals surface area contributed by atoms with Crippen molar-refractivity contribution in [3.05, 3.63) is 30.1 Å². The molecule has 0 bridgehead atoms. The van der Waals surface area contributed by atoms with Crippen LogP contribution in [0.15, 0.2) is 24.3 Å². The predicted octanol–water partition coefficient (Wildman–Crippen LogP) is 3.29. The van der Waals surface area contributed by atoms with Crippen LogP contribution < -0.4 is 4.74 Å². The molecule has 0 aliphatic heterocycles. The van der Waals surface area contributed by atoms with Crippen LogP contribution in [0.3, 0.4) is 0 Å². The van der Waals surface area contributed by atoms with Gasteiger partial charge in [-0.3, -0.25) is 0 Å². The monoisotopic (exact) mass is 274 g/mol. The minimum absolute atomic E-state index is 0.229. The summed E-state index contributed by atoms with van der Waals surface area (Å²) in [5.41, 5.74) is 0.587. The number of hydrogen-bond donors (Lipinski definition) is 1. The van der Waals surface area contributed by atoms with Crippen molar-refractivity contribution in [3.8, 4) is 5.88 Å². The number of hydrogen-bond acceptors (Lipinski definition) is 4. The highest BCUT2D eigenvalue weighted by atomic mass is 16.5. The summed E-state index contributed by atoms with van der Waals surface area (Å²) in [5, 5.41) is 9.77. The highest BCUT2D eigenvalue weighted by Crippen LogP contribution is 2.22. The number of ether oxygens (including phenoxy) is 1. The van der Waals surface area contributed by atoms with Crippen molar-refractivity contribution in [1.29, 1.82) is 0 Å². The Hall–Kier alpha value is -2.17. The summed E-state index contributed by atoms with van der Waals surface area (Å²) in [4.78, 5) is 19.0. The van der Waals surface area contributed by atoms with Crippen LogP contribution in [0.1, 0.15) is 43.2 Å². The highest BCUT2D eigenvalue weighted by Gasteiger charge is 2.13. The Bertz CT molecular complexity index is 599. The minimum atomic E-state index is -1.15. The summed E-state index contributed by atoms with van der Waals surface area (Å²) in [6, 6.07) is 7.26. The zero-order valence-electron chi connectivity index (χ0n) is 11.5. The van der Waals surface area contributed by atoms with Gasteiger partial charge in [0.2, 0.25) is 11.7 Å². The van der Waals surface area contributed by atoms with Crippen molar-refractivity contribution in [3.63, 3.8) is 0 Å². The van der Waals surface area contributed by atoms with Crippen molar-refractivity contribution in [2.24, 2.45) is 0 Å². The fraction of sp³-hybridized carbons (Fsp3) is 0.400. The SMILES string of the molecule is CCCCCCOc1nc(C(=O)O)nc2ccccc12. The van der Waals surface area contributed by atoms with Crippen LogP contribution in [0.4, 0.5) is 0 Å². The number of carboxylic acids is 1. The lowest BCUT2D eigenvalue weighted by Gasteiger charge is -2.08. The van der Waals surface area contributed by atoms with Crippen LogP contribution in [-0.2, 0) is 0 Å². The summed E-state index contributed by atoms with van der Waals surface area (Å²) in [6.07, 6.45) is 4.38. The molecule has 0 amide bonds. The molecule has 1 N–H and O–H groups in total. The number of unbranched alkanes of at least 4 members (excludes halogenated alkanes) is 3. The second-order valence-electron chi connectivity index (χ2n) is 4.58. The van der Waals surface area contributed by atoms with Crippen molar-refractivity contribution in [2.75, 3.05) is 6.61 Å². The molecule has 5 heteroatoms. The molecule has 2 aromatic rings. The van der Waals surface area contributed by atoms with E-state index in [0.29, 0.717) is 18.0 Å². The normalized spacial score (nSPS) is 10.7. The molecule has 0 fully saturated rings. The quantitative estimate of drug-likeness (QED) is 0.784. The molecule has 0 saturated carbocycles. The first kappa shape index (κ1) is 14.2.